The predicted octanol–water partition coefficient (Wildman–Crippen LogP) is 3.45. The molecule has 3 nitrogen and oxygen atoms in total. The van der Waals surface area contributed by atoms with Crippen molar-refractivity contribution in [3.8, 4) is 0 Å². The third-order valence-electron chi connectivity index (χ3n) is 4.55. The van der Waals surface area contributed by atoms with E-state index < -0.39 is 0 Å². The maximum absolute atomic E-state index is 6.37. The maximum atomic E-state index is 6.37. The fourth-order valence-corrected chi connectivity index (χ4v) is 2.88. The fourth-order valence-electron chi connectivity index (χ4n) is 2.88. The van der Waals surface area contributed by atoms with Crippen molar-refractivity contribution in [2.24, 2.45) is 5.73 Å². The highest BCUT2D eigenvalue weighted by Crippen LogP contribution is 2.28. The van der Waals surface area contributed by atoms with E-state index in [2.05, 4.69) is 30.8 Å². The summed E-state index contributed by atoms with van der Waals surface area (Å²) in [7, 11) is 0. The minimum atomic E-state index is -0.0776. The standard InChI is InChI=1S/C15H27N3/c1-3-15(16,4-2)12-13-10-11-18(17-13)14-8-6-5-7-9-14/h10-11,14H,3-9,12,16H2,1-2H3. The van der Waals surface area contributed by atoms with E-state index in [0.29, 0.717) is 6.04 Å². The van der Waals surface area contributed by atoms with Crippen LogP contribution in [0.3, 0.4) is 0 Å². The summed E-state index contributed by atoms with van der Waals surface area (Å²) >= 11 is 0. The number of rotatable bonds is 5. The van der Waals surface area contributed by atoms with Crippen LogP contribution < -0.4 is 5.73 Å². The van der Waals surface area contributed by atoms with Gasteiger partial charge in [0.2, 0.25) is 0 Å². The van der Waals surface area contributed by atoms with Crippen molar-refractivity contribution in [1.29, 1.82) is 0 Å². The molecule has 1 aromatic rings. The van der Waals surface area contributed by atoms with Gasteiger partial charge in [-0.2, -0.15) is 5.10 Å². The molecule has 0 radical (unpaired) electrons. The van der Waals surface area contributed by atoms with Crippen molar-refractivity contribution >= 4 is 0 Å². The molecule has 0 atom stereocenters. The quantitative estimate of drug-likeness (QED) is 0.868. The smallest absolute Gasteiger partial charge is 0.0643 e. The Hall–Kier alpha value is -0.830. The summed E-state index contributed by atoms with van der Waals surface area (Å²) in [6, 6.07) is 2.78. The predicted molar refractivity (Wildman–Crippen MR) is 75.6 cm³/mol. The Balaban J connectivity index is 2.01. The molecule has 0 aliphatic heterocycles. The van der Waals surface area contributed by atoms with Gasteiger partial charge < -0.3 is 5.73 Å². The molecule has 0 unspecified atom stereocenters. The van der Waals surface area contributed by atoms with Crippen LogP contribution in [0.4, 0.5) is 0 Å². The minimum Gasteiger partial charge on any atom is -0.325 e. The summed E-state index contributed by atoms with van der Waals surface area (Å²) in [6.07, 6.45) is 11.8. The summed E-state index contributed by atoms with van der Waals surface area (Å²) in [6.45, 7) is 4.34. The van der Waals surface area contributed by atoms with Gasteiger partial charge in [-0.15, -0.1) is 0 Å². The van der Waals surface area contributed by atoms with Crippen molar-refractivity contribution in [3.05, 3.63) is 18.0 Å². The van der Waals surface area contributed by atoms with E-state index in [1.54, 1.807) is 0 Å². The minimum absolute atomic E-state index is 0.0776. The number of hydrogen-bond acceptors (Lipinski definition) is 2. The largest absolute Gasteiger partial charge is 0.325 e. The highest BCUT2D eigenvalue weighted by Gasteiger charge is 2.23. The summed E-state index contributed by atoms with van der Waals surface area (Å²) in [5.41, 5.74) is 7.45. The Bertz CT molecular complexity index is 360. The Morgan fingerprint density at radius 1 is 1.28 bits per heavy atom. The fraction of sp³-hybridized carbons (Fsp3) is 0.800. The normalized spacial score (nSPS) is 18.2. The number of nitrogens with two attached hydrogens (primary N) is 1. The molecular weight excluding hydrogens is 222 g/mol. The molecule has 2 N–H and O–H groups in total. The second kappa shape index (κ2) is 5.87. The Labute approximate surface area is 111 Å². The summed E-state index contributed by atoms with van der Waals surface area (Å²) < 4.78 is 2.18. The lowest BCUT2D eigenvalue weighted by atomic mass is 9.89. The second-order valence-corrected chi connectivity index (χ2v) is 5.83. The summed E-state index contributed by atoms with van der Waals surface area (Å²) in [5, 5.41) is 4.75. The number of nitrogens with zero attached hydrogens (tertiary/aromatic N) is 2. The molecule has 0 spiro atoms. The molecular formula is C15H27N3. The average molecular weight is 249 g/mol. The number of hydrogen-bond donors (Lipinski definition) is 1. The zero-order chi connectivity index (χ0) is 13.0. The molecule has 1 aliphatic rings. The lowest BCUT2D eigenvalue weighted by molar-refractivity contribution is 0.324. The van der Waals surface area contributed by atoms with Crippen LogP contribution in [0.1, 0.15) is 70.5 Å². The number of aromatic nitrogens is 2. The molecule has 0 bridgehead atoms. The van der Waals surface area contributed by atoms with E-state index in [-0.39, 0.29) is 5.54 Å². The van der Waals surface area contributed by atoms with Crippen LogP contribution in [0.5, 0.6) is 0 Å². The first kappa shape index (κ1) is 13.6. The monoisotopic (exact) mass is 249 g/mol. The van der Waals surface area contributed by atoms with Crippen LogP contribution in [-0.4, -0.2) is 15.3 Å². The first-order chi connectivity index (χ1) is 8.67. The first-order valence-corrected chi connectivity index (χ1v) is 7.50. The van der Waals surface area contributed by atoms with Gasteiger partial charge in [0, 0.05) is 18.2 Å². The van der Waals surface area contributed by atoms with Gasteiger partial charge in [-0.05, 0) is 31.7 Å². The van der Waals surface area contributed by atoms with E-state index in [0.717, 1.165) is 25.0 Å². The molecule has 0 saturated heterocycles. The van der Waals surface area contributed by atoms with E-state index in [1.165, 1.54) is 32.1 Å². The van der Waals surface area contributed by atoms with Crippen molar-refractivity contribution in [2.45, 2.75) is 76.8 Å². The van der Waals surface area contributed by atoms with E-state index >= 15 is 0 Å². The molecule has 1 fully saturated rings. The van der Waals surface area contributed by atoms with Gasteiger partial charge in [-0.25, -0.2) is 0 Å². The van der Waals surface area contributed by atoms with E-state index in [4.69, 9.17) is 10.8 Å². The molecule has 0 aromatic carbocycles. The van der Waals surface area contributed by atoms with E-state index in [9.17, 15) is 0 Å². The Morgan fingerprint density at radius 2 is 1.94 bits per heavy atom. The van der Waals surface area contributed by atoms with Crippen LogP contribution in [0.2, 0.25) is 0 Å². The molecule has 1 saturated carbocycles. The van der Waals surface area contributed by atoms with Gasteiger partial charge in [0.1, 0.15) is 0 Å². The highest BCUT2D eigenvalue weighted by molar-refractivity contribution is 5.06. The molecule has 1 heterocycles. The van der Waals surface area contributed by atoms with Crippen LogP contribution >= 0.6 is 0 Å². The second-order valence-electron chi connectivity index (χ2n) is 5.83. The summed E-state index contributed by atoms with van der Waals surface area (Å²) in [4.78, 5) is 0. The van der Waals surface area contributed by atoms with Crippen molar-refractivity contribution < 1.29 is 0 Å². The van der Waals surface area contributed by atoms with Crippen molar-refractivity contribution in [3.63, 3.8) is 0 Å². The van der Waals surface area contributed by atoms with Crippen LogP contribution in [0.25, 0.3) is 0 Å². The topological polar surface area (TPSA) is 43.8 Å². The lowest BCUT2D eigenvalue weighted by Crippen LogP contribution is -2.40. The third kappa shape index (κ3) is 3.14. The Morgan fingerprint density at radius 3 is 2.56 bits per heavy atom. The third-order valence-corrected chi connectivity index (χ3v) is 4.55. The zero-order valence-corrected chi connectivity index (χ0v) is 11.9. The molecule has 0 amide bonds. The molecule has 3 heteroatoms. The molecule has 2 rings (SSSR count). The van der Waals surface area contributed by atoms with Crippen molar-refractivity contribution in [1.82, 2.24) is 9.78 Å². The highest BCUT2D eigenvalue weighted by atomic mass is 15.3. The van der Waals surface area contributed by atoms with Gasteiger partial charge in [0.05, 0.1) is 11.7 Å². The van der Waals surface area contributed by atoms with Crippen LogP contribution in [-0.2, 0) is 6.42 Å². The van der Waals surface area contributed by atoms with Gasteiger partial charge in [0.25, 0.3) is 0 Å². The van der Waals surface area contributed by atoms with Crippen LogP contribution in [0.15, 0.2) is 12.3 Å². The SMILES string of the molecule is CCC(N)(CC)Cc1ccn(C2CCCCC2)n1. The molecule has 18 heavy (non-hydrogen) atoms. The maximum Gasteiger partial charge on any atom is 0.0643 e. The molecule has 102 valence electrons. The van der Waals surface area contributed by atoms with Gasteiger partial charge in [-0.1, -0.05) is 33.1 Å². The lowest BCUT2D eigenvalue weighted by Gasteiger charge is -2.25. The van der Waals surface area contributed by atoms with Gasteiger partial charge in [-0.3, -0.25) is 4.68 Å². The molecule has 1 aromatic heterocycles. The Kier molecular flexibility index (Phi) is 4.44. The van der Waals surface area contributed by atoms with Gasteiger partial charge >= 0.3 is 0 Å². The molecule has 1 aliphatic carbocycles. The average Bonchev–Trinajstić information content (AvgIpc) is 2.88. The summed E-state index contributed by atoms with van der Waals surface area (Å²) in [5.74, 6) is 0. The zero-order valence-electron chi connectivity index (χ0n) is 11.9. The first-order valence-electron chi connectivity index (χ1n) is 7.50. The van der Waals surface area contributed by atoms with Crippen molar-refractivity contribution in [2.75, 3.05) is 0 Å². The van der Waals surface area contributed by atoms with Crippen LogP contribution in [0, 0.1) is 0 Å². The van der Waals surface area contributed by atoms with E-state index in [1.807, 2.05) is 0 Å². The van der Waals surface area contributed by atoms with Gasteiger partial charge in [0.15, 0.2) is 0 Å².